The highest BCUT2D eigenvalue weighted by Gasteiger charge is 2.30. The zero-order valence-electron chi connectivity index (χ0n) is 17.2. The number of rotatable bonds is 4. The largest absolute Gasteiger partial charge is 0.507 e. The van der Waals surface area contributed by atoms with Crippen LogP contribution in [-0.4, -0.2) is 52.7 Å². The first-order valence-electron chi connectivity index (χ1n) is 9.99. The van der Waals surface area contributed by atoms with Crippen LogP contribution in [0.15, 0.2) is 12.1 Å². The molecule has 158 valence electrons. The van der Waals surface area contributed by atoms with E-state index in [1.807, 2.05) is 26.8 Å². The van der Waals surface area contributed by atoms with Gasteiger partial charge in [-0.05, 0) is 43.5 Å². The van der Waals surface area contributed by atoms with E-state index in [2.05, 4.69) is 10.2 Å². The molecule has 0 unspecified atom stereocenters. The molecule has 2 aliphatic heterocycles. The maximum atomic E-state index is 12.3. The third-order valence-electron chi connectivity index (χ3n) is 5.68. The molecule has 0 aliphatic carbocycles. The average Bonchev–Trinajstić information content (AvgIpc) is 2.63. The number of urea groups is 1. The van der Waals surface area contributed by atoms with Crippen LogP contribution in [0.25, 0.3) is 0 Å². The number of aliphatic carboxylic acids is 1. The van der Waals surface area contributed by atoms with Gasteiger partial charge in [-0.15, -0.1) is 0 Å². The monoisotopic (exact) mass is 403 g/mol. The fourth-order valence-electron chi connectivity index (χ4n) is 3.92. The van der Waals surface area contributed by atoms with Crippen molar-refractivity contribution in [2.75, 3.05) is 24.5 Å². The van der Waals surface area contributed by atoms with Gasteiger partial charge in [-0.2, -0.15) is 0 Å². The lowest BCUT2D eigenvalue weighted by atomic mass is 9.84. The van der Waals surface area contributed by atoms with Crippen molar-refractivity contribution in [2.45, 2.75) is 52.0 Å². The summed E-state index contributed by atoms with van der Waals surface area (Å²) >= 11 is 0. The highest BCUT2D eigenvalue weighted by molar-refractivity contribution is 6.05. The molecule has 3 N–H and O–H groups in total. The van der Waals surface area contributed by atoms with Gasteiger partial charge in [-0.1, -0.05) is 20.8 Å². The van der Waals surface area contributed by atoms with E-state index in [0.717, 1.165) is 5.56 Å². The predicted octanol–water partition coefficient (Wildman–Crippen LogP) is 2.43. The number of anilines is 1. The molecule has 0 saturated carbocycles. The Bertz CT molecular complexity index is 822. The summed E-state index contributed by atoms with van der Waals surface area (Å²) in [4.78, 5) is 38.6. The second-order valence-electron chi connectivity index (χ2n) is 8.89. The van der Waals surface area contributed by atoms with Crippen molar-refractivity contribution in [3.8, 4) is 5.75 Å². The van der Waals surface area contributed by atoms with E-state index in [0.29, 0.717) is 50.3 Å². The Morgan fingerprint density at radius 1 is 1.17 bits per heavy atom. The van der Waals surface area contributed by atoms with Crippen molar-refractivity contribution in [1.29, 1.82) is 0 Å². The Morgan fingerprint density at radius 2 is 1.83 bits per heavy atom. The van der Waals surface area contributed by atoms with Gasteiger partial charge in [0.2, 0.25) is 5.91 Å². The van der Waals surface area contributed by atoms with Crippen LogP contribution in [0.5, 0.6) is 5.75 Å². The number of amides is 3. The van der Waals surface area contributed by atoms with E-state index < -0.39 is 12.0 Å². The van der Waals surface area contributed by atoms with Gasteiger partial charge >= 0.3 is 12.0 Å². The molecular formula is C21H29N3O5. The number of hydrogen-bond donors (Lipinski definition) is 3. The molecule has 0 spiro atoms. The number of carboxylic acid groups (broad SMARTS) is 1. The summed E-state index contributed by atoms with van der Waals surface area (Å²) in [5.74, 6) is -1.15. The summed E-state index contributed by atoms with van der Waals surface area (Å²) in [6, 6.07) is 3.15. The molecule has 0 aromatic heterocycles. The molecular weight excluding hydrogens is 374 g/mol. The van der Waals surface area contributed by atoms with Gasteiger partial charge < -0.3 is 10.2 Å². The summed E-state index contributed by atoms with van der Waals surface area (Å²) in [6.45, 7) is 8.04. The second kappa shape index (κ2) is 8.02. The van der Waals surface area contributed by atoms with E-state index in [9.17, 15) is 24.6 Å². The number of imide groups is 1. The number of phenols is 1. The van der Waals surface area contributed by atoms with Crippen molar-refractivity contribution >= 4 is 23.6 Å². The van der Waals surface area contributed by atoms with E-state index in [1.165, 1.54) is 4.90 Å². The number of likely N-dealkylation sites (tertiary alicyclic amines) is 1. The third kappa shape index (κ3) is 4.70. The number of carbonyl (C=O) groups excluding carboxylic acids is 2. The van der Waals surface area contributed by atoms with Crippen LogP contribution >= 0.6 is 0 Å². The van der Waals surface area contributed by atoms with Crippen LogP contribution in [0, 0.1) is 5.92 Å². The number of piperidine rings is 1. The number of nitrogens with one attached hydrogen (secondary N) is 1. The molecule has 8 heteroatoms. The minimum Gasteiger partial charge on any atom is -0.507 e. The van der Waals surface area contributed by atoms with E-state index in [-0.39, 0.29) is 29.4 Å². The molecule has 0 bridgehead atoms. The Hall–Kier alpha value is -2.61. The number of nitrogens with zero attached hydrogens (tertiary/aromatic N) is 2. The Labute approximate surface area is 170 Å². The topological polar surface area (TPSA) is 110 Å². The molecule has 0 atom stereocenters. The van der Waals surface area contributed by atoms with Gasteiger partial charge in [-0.25, -0.2) is 4.79 Å². The fourth-order valence-corrected chi connectivity index (χ4v) is 3.92. The second-order valence-corrected chi connectivity index (χ2v) is 8.89. The van der Waals surface area contributed by atoms with E-state index in [4.69, 9.17) is 0 Å². The summed E-state index contributed by atoms with van der Waals surface area (Å²) in [7, 11) is 0. The van der Waals surface area contributed by atoms with Crippen LogP contribution in [0.2, 0.25) is 0 Å². The van der Waals surface area contributed by atoms with Gasteiger partial charge in [0.1, 0.15) is 5.75 Å². The van der Waals surface area contributed by atoms with Gasteiger partial charge in [0.05, 0.1) is 5.92 Å². The lowest BCUT2D eigenvalue weighted by molar-refractivity contribution is -0.143. The van der Waals surface area contributed by atoms with Gasteiger partial charge in [0, 0.05) is 36.3 Å². The molecule has 2 aliphatic rings. The van der Waals surface area contributed by atoms with Crippen LogP contribution in [0.3, 0.4) is 0 Å². The number of carboxylic acids is 1. The SMILES string of the molecule is CC(C)(C)c1cc(N2CCC(=O)NC2=O)cc(CN2CCC(C(=O)O)CC2)c1O. The molecule has 29 heavy (non-hydrogen) atoms. The fraction of sp³-hybridized carbons (Fsp3) is 0.571. The Kier molecular flexibility index (Phi) is 5.84. The Morgan fingerprint density at radius 3 is 2.38 bits per heavy atom. The number of hydrogen-bond acceptors (Lipinski definition) is 5. The molecule has 2 saturated heterocycles. The van der Waals surface area contributed by atoms with Crippen molar-refractivity contribution in [2.24, 2.45) is 5.92 Å². The number of carbonyl (C=O) groups is 3. The first kappa shape index (κ1) is 21.1. The molecule has 3 amide bonds. The highest BCUT2D eigenvalue weighted by Crippen LogP contribution is 2.38. The van der Waals surface area contributed by atoms with Crippen molar-refractivity contribution < 1.29 is 24.6 Å². The van der Waals surface area contributed by atoms with Crippen LogP contribution < -0.4 is 10.2 Å². The van der Waals surface area contributed by atoms with Crippen LogP contribution in [0.4, 0.5) is 10.5 Å². The maximum Gasteiger partial charge on any atom is 0.328 e. The Balaban J connectivity index is 1.89. The standard InChI is InChI=1S/C21H29N3O5/c1-21(2,3)16-11-15(24-9-6-17(25)22-20(24)29)10-14(18(16)26)12-23-7-4-13(5-8-23)19(27)28/h10-11,13,26H,4-9,12H2,1-3H3,(H,27,28)(H,22,25,29). The first-order valence-corrected chi connectivity index (χ1v) is 9.99. The van der Waals surface area contributed by atoms with Gasteiger partial charge in [0.15, 0.2) is 0 Å². The summed E-state index contributed by atoms with van der Waals surface area (Å²) in [5, 5.41) is 22.5. The average molecular weight is 403 g/mol. The highest BCUT2D eigenvalue weighted by atomic mass is 16.4. The normalized spacial score (nSPS) is 19.3. The van der Waals surface area contributed by atoms with Crippen LogP contribution in [0.1, 0.15) is 51.2 Å². The predicted molar refractivity (Wildman–Crippen MR) is 108 cm³/mol. The number of phenolic OH excluding ortho intramolecular Hbond substituents is 1. The van der Waals surface area contributed by atoms with Crippen LogP contribution in [-0.2, 0) is 21.5 Å². The maximum absolute atomic E-state index is 12.3. The first-order chi connectivity index (χ1) is 13.6. The smallest absolute Gasteiger partial charge is 0.328 e. The number of aromatic hydroxyl groups is 1. The molecule has 8 nitrogen and oxygen atoms in total. The third-order valence-corrected chi connectivity index (χ3v) is 5.68. The molecule has 1 aromatic carbocycles. The molecule has 2 heterocycles. The minimum atomic E-state index is -0.754. The molecule has 0 radical (unpaired) electrons. The lowest BCUT2D eigenvalue weighted by Crippen LogP contribution is -2.49. The number of benzene rings is 1. The summed E-state index contributed by atoms with van der Waals surface area (Å²) in [5.41, 5.74) is 1.74. The van der Waals surface area contributed by atoms with Gasteiger partial charge in [-0.3, -0.25) is 24.7 Å². The lowest BCUT2D eigenvalue weighted by Gasteiger charge is -2.33. The van der Waals surface area contributed by atoms with E-state index >= 15 is 0 Å². The molecule has 3 rings (SSSR count). The van der Waals surface area contributed by atoms with Crippen molar-refractivity contribution in [3.63, 3.8) is 0 Å². The zero-order valence-corrected chi connectivity index (χ0v) is 17.2. The summed E-state index contributed by atoms with van der Waals surface area (Å²) in [6.07, 6.45) is 1.40. The molecule has 1 aromatic rings. The van der Waals surface area contributed by atoms with E-state index in [1.54, 1.807) is 6.07 Å². The quantitative estimate of drug-likeness (QED) is 0.712. The van der Waals surface area contributed by atoms with Crippen molar-refractivity contribution in [3.05, 3.63) is 23.3 Å². The minimum absolute atomic E-state index is 0.204. The van der Waals surface area contributed by atoms with Gasteiger partial charge in [0.25, 0.3) is 0 Å². The van der Waals surface area contributed by atoms with Crippen molar-refractivity contribution in [1.82, 2.24) is 10.2 Å². The molecule has 2 fully saturated rings. The zero-order chi connectivity index (χ0) is 21.3. The summed E-state index contributed by atoms with van der Waals surface area (Å²) < 4.78 is 0.